The monoisotopic (exact) mass is 547 g/mol. The zero-order chi connectivity index (χ0) is 28.3. The Bertz CT molecular complexity index is 1090. The van der Waals surface area contributed by atoms with E-state index < -0.39 is 14.4 Å². The van der Waals surface area contributed by atoms with Crippen LogP contribution in [0.2, 0.25) is 5.04 Å². The zero-order valence-corrected chi connectivity index (χ0v) is 25.6. The van der Waals surface area contributed by atoms with Gasteiger partial charge in [0.15, 0.2) is 0 Å². The predicted octanol–water partition coefficient (Wildman–Crippen LogP) is 6.35. The average Bonchev–Trinajstić information content (AvgIpc) is 2.91. The van der Waals surface area contributed by atoms with Gasteiger partial charge in [0.2, 0.25) is 0 Å². The fourth-order valence-corrected chi connectivity index (χ4v) is 9.23. The molecule has 0 aromatic heterocycles. The van der Waals surface area contributed by atoms with E-state index in [0.717, 1.165) is 5.56 Å². The third kappa shape index (κ3) is 8.61. The van der Waals surface area contributed by atoms with Crippen molar-refractivity contribution >= 4 is 24.4 Å². The maximum atomic E-state index is 7.19. The molecule has 0 saturated heterocycles. The van der Waals surface area contributed by atoms with Crippen molar-refractivity contribution in [2.45, 2.75) is 78.4 Å². The third-order valence-corrected chi connectivity index (χ3v) is 11.5. The summed E-state index contributed by atoms with van der Waals surface area (Å²) in [4.78, 5) is 5.90. The molecule has 3 rings (SSSR count). The Morgan fingerprint density at radius 3 is 1.72 bits per heavy atom. The van der Waals surface area contributed by atoms with E-state index in [9.17, 15) is 0 Å². The molecule has 3 aromatic rings. The third-order valence-electron chi connectivity index (χ3n) is 6.50. The minimum atomic E-state index is -2.78. The van der Waals surface area contributed by atoms with Crippen LogP contribution in [0.4, 0.5) is 0 Å². The highest BCUT2D eigenvalue weighted by Crippen LogP contribution is 2.36. The SMILES string of the molecule is CC(C)OC[C@H](OC(C)C)/C(CO[Si](c1ccccc1)(c1ccccc1)C(C)(C)C)=N/OCc1ccccc1. The summed E-state index contributed by atoms with van der Waals surface area (Å²) in [6.45, 7) is 15.9. The molecule has 0 aliphatic carbocycles. The fourth-order valence-electron chi connectivity index (χ4n) is 4.71. The summed E-state index contributed by atoms with van der Waals surface area (Å²) in [7, 11) is -2.78. The molecule has 6 heteroatoms. The molecule has 0 fully saturated rings. The van der Waals surface area contributed by atoms with Crippen molar-refractivity contribution in [3.63, 3.8) is 0 Å². The van der Waals surface area contributed by atoms with E-state index in [1.165, 1.54) is 10.4 Å². The maximum absolute atomic E-state index is 7.19. The second-order valence-corrected chi connectivity index (χ2v) is 15.7. The number of oxime groups is 1. The maximum Gasteiger partial charge on any atom is 0.261 e. The number of ether oxygens (including phenoxy) is 2. The van der Waals surface area contributed by atoms with Crippen molar-refractivity contribution in [1.29, 1.82) is 0 Å². The molecule has 0 unspecified atom stereocenters. The Hall–Kier alpha value is -2.77. The molecule has 0 spiro atoms. The van der Waals surface area contributed by atoms with E-state index in [4.69, 9.17) is 18.7 Å². The van der Waals surface area contributed by atoms with E-state index in [0.29, 0.717) is 18.9 Å². The van der Waals surface area contributed by atoms with E-state index in [1.807, 2.05) is 58.0 Å². The number of nitrogens with zero attached hydrogens (tertiary/aromatic N) is 1. The Labute approximate surface area is 236 Å². The second kappa shape index (κ2) is 14.6. The molecule has 0 saturated carbocycles. The van der Waals surface area contributed by atoms with Crippen molar-refractivity contribution in [2.75, 3.05) is 13.2 Å². The zero-order valence-electron chi connectivity index (χ0n) is 24.6. The van der Waals surface area contributed by atoms with Crippen LogP contribution in [0.1, 0.15) is 54.0 Å². The van der Waals surface area contributed by atoms with Gasteiger partial charge in [0.1, 0.15) is 18.4 Å². The highest BCUT2D eigenvalue weighted by molar-refractivity contribution is 6.99. The van der Waals surface area contributed by atoms with Crippen LogP contribution in [-0.2, 0) is 25.3 Å². The molecule has 0 N–H and O–H groups in total. The Morgan fingerprint density at radius 2 is 1.26 bits per heavy atom. The van der Waals surface area contributed by atoms with E-state index >= 15 is 0 Å². The van der Waals surface area contributed by atoms with Gasteiger partial charge >= 0.3 is 0 Å². The smallest absolute Gasteiger partial charge is 0.261 e. The van der Waals surface area contributed by atoms with Crippen LogP contribution in [-0.4, -0.2) is 45.6 Å². The Balaban J connectivity index is 2.02. The quantitative estimate of drug-likeness (QED) is 0.134. The van der Waals surface area contributed by atoms with E-state index in [2.05, 4.69) is 86.6 Å². The average molecular weight is 548 g/mol. The molecule has 3 aromatic carbocycles. The summed E-state index contributed by atoms with van der Waals surface area (Å²) in [6, 6.07) is 31.3. The van der Waals surface area contributed by atoms with E-state index in [-0.39, 0.29) is 23.9 Å². The van der Waals surface area contributed by atoms with Crippen LogP contribution in [0.25, 0.3) is 0 Å². The van der Waals surface area contributed by atoms with Crippen LogP contribution in [0.5, 0.6) is 0 Å². The van der Waals surface area contributed by atoms with Gasteiger partial charge in [-0.1, -0.05) is 117 Å². The summed E-state index contributed by atoms with van der Waals surface area (Å²) in [5.74, 6) is 0. The minimum absolute atomic E-state index is 0.0158. The van der Waals surface area contributed by atoms with Crippen LogP contribution < -0.4 is 10.4 Å². The Morgan fingerprint density at radius 1 is 0.744 bits per heavy atom. The molecule has 0 radical (unpaired) electrons. The number of benzene rings is 3. The molecule has 1 atom stereocenters. The van der Waals surface area contributed by atoms with Gasteiger partial charge in [0.25, 0.3) is 8.32 Å². The predicted molar refractivity (Wildman–Crippen MR) is 163 cm³/mol. The summed E-state index contributed by atoms with van der Waals surface area (Å²) in [5, 5.41) is 6.91. The number of rotatable bonds is 14. The number of hydrogen-bond acceptors (Lipinski definition) is 5. The topological polar surface area (TPSA) is 49.3 Å². The second-order valence-electron chi connectivity index (χ2n) is 11.3. The molecule has 39 heavy (non-hydrogen) atoms. The van der Waals surface area contributed by atoms with E-state index in [1.54, 1.807) is 0 Å². The van der Waals surface area contributed by atoms with Gasteiger partial charge in [0.05, 0.1) is 25.4 Å². The largest absolute Gasteiger partial charge is 0.402 e. The van der Waals surface area contributed by atoms with Gasteiger partial charge in [-0.2, -0.15) is 0 Å². The van der Waals surface area contributed by atoms with Crippen LogP contribution in [0.15, 0.2) is 96.2 Å². The molecule has 0 aliphatic heterocycles. The molecule has 0 amide bonds. The summed E-state index contributed by atoms with van der Waals surface area (Å²) in [6.07, 6.45) is -0.355. The first-order chi connectivity index (χ1) is 18.6. The molecule has 0 bridgehead atoms. The molecular weight excluding hydrogens is 502 g/mol. The van der Waals surface area contributed by atoms with Gasteiger partial charge in [-0.25, -0.2) is 0 Å². The van der Waals surface area contributed by atoms with Crippen LogP contribution in [0, 0.1) is 0 Å². The van der Waals surface area contributed by atoms with Gasteiger partial charge in [-0.3, -0.25) is 0 Å². The standard InChI is InChI=1S/C33H45NO4Si/c1-26(2)35-25-32(38-27(3)4)31(34-36-23-28-17-11-8-12-18-28)24-37-39(33(5,6)7,29-19-13-9-14-20-29)30-21-15-10-16-22-30/h8-22,26-27,32H,23-25H2,1-7H3/b34-31+/t32-/m0/s1. The summed E-state index contributed by atoms with van der Waals surface area (Å²) in [5.41, 5.74) is 1.74. The molecular formula is C33H45NO4Si. The van der Waals surface area contributed by atoms with Crippen molar-refractivity contribution < 1.29 is 18.7 Å². The van der Waals surface area contributed by atoms with Crippen LogP contribution >= 0.6 is 0 Å². The van der Waals surface area contributed by atoms with Gasteiger partial charge < -0.3 is 18.7 Å². The van der Waals surface area contributed by atoms with Gasteiger partial charge in [0, 0.05) is 0 Å². The lowest BCUT2D eigenvalue weighted by Crippen LogP contribution is -2.67. The fraction of sp³-hybridized carbons (Fsp3) is 0.424. The van der Waals surface area contributed by atoms with Gasteiger partial charge in [-0.05, 0) is 48.7 Å². The first-order valence-electron chi connectivity index (χ1n) is 13.9. The van der Waals surface area contributed by atoms with Crippen molar-refractivity contribution in [3.05, 3.63) is 96.6 Å². The lowest BCUT2D eigenvalue weighted by molar-refractivity contribution is -0.0315. The number of hydrogen-bond donors (Lipinski definition) is 0. The van der Waals surface area contributed by atoms with Crippen molar-refractivity contribution in [1.82, 2.24) is 0 Å². The minimum Gasteiger partial charge on any atom is -0.402 e. The van der Waals surface area contributed by atoms with Gasteiger partial charge in [-0.15, -0.1) is 0 Å². The van der Waals surface area contributed by atoms with Crippen molar-refractivity contribution in [2.24, 2.45) is 5.16 Å². The molecule has 210 valence electrons. The molecule has 5 nitrogen and oxygen atoms in total. The van der Waals surface area contributed by atoms with Crippen LogP contribution in [0.3, 0.4) is 0 Å². The van der Waals surface area contributed by atoms with Crippen molar-refractivity contribution in [3.8, 4) is 0 Å². The molecule has 0 heterocycles. The summed E-state index contributed by atoms with van der Waals surface area (Å²) >= 11 is 0. The lowest BCUT2D eigenvalue weighted by atomic mass is 10.2. The first kappa shape index (κ1) is 30.8. The summed E-state index contributed by atoms with van der Waals surface area (Å²) < 4.78 is 19.5. The molecule has 0 aliphatic rings. The highest BCUT2D eigenvalue weighted by atomic mass is 28.4. The first-order valence-corrected chi connectivity index (χ1v) is 15.8. The highest BCUT2D eigenvalue weighted by Gasteiger charge is 2.50. The Kier molecular flexibility index (Phi) is 11.5. The lowest BCUT2D eigenvalue weighted by Gasteiger charge is -2.43. The normalized spacial score (nSPS) is 13.6.